The van der Waals surface area contributed by atoms with E-state index >= 15 is 8.78 Å². The molecule has 1 saturated heterocycles. The summed E-state index contributed by atoms with van der Waals surface area (Å²) in [6.45, 7) is 1.59. The van der Waals surface area contributed by atoms with Crippen molar-refractivity contribution < 1.29 is 36.6 Å². The third-order valence-electron chi connectivity index (χ3n) is 6.54. The molecule has 198 valence electrons. The zero-order chi connectivity index (χ0) is 26.5. The number of hydrogen-bond acceptors (Lipinski definition) is 8. The summed E-state index contributed by atoms with van der Waals surface area (Å²) in [6, 6.07) is 4.83. The predicted molar refractivity (Wildman–Crippen MR) is 126 cm³/mol. The first kappa shape index (κ1) is 25.4. The highest BCUT2D eigenvalue weighted by atomic mass is 32.1. The number of alkyl halides is 4. The highest BCUT2D eigenvalue weighted by Crippen LogP contribution is 2.45. The molecule has 2 aliphatic heterocycles. The largest absolute Gasteiger partial charge is 0.618 e. The van der Waals surface area contributed by atoms with Crippen molar-refractivity contribution in [3.8, 4) is 11.5 Å². The number of thiazole rings is 1. The van der Waals surface area contributed by atoms with Crippen molar-refractivity contribution in [2.24, 2.45) is 0 Å². The summed E-state index contributed by atoms with van der Waals surface area (Å²) in [5, 5.41) is 18.0. The van der Waals surface area contributed by atoms with Crippen molar-refractivity contribution in [2.75, 3.05) is 25.5 Å². The topological polar surface area (TPSA) is 103 Å². The highest BCUT2D eigenvalue weighted by Gasteiger charge is 2.48. The first-order valence-corrected chi connectivity index (χ1v) is 12.3. The van der Waals surface area contributed by atoms with Gasteiger partial charge in [0.05, 0.1) is 28.7 Å². The van der Waals surface area contributed by atoms with E-state index in [4.69, 9.17) is 0 Å². The standard InChI is InChI=1S/C23H23F4N5O4S/c1-12(20(33)30-21-29-15-8-17-18(9-19(15)37-21)36-23(26,27)35-17)31-7-5-22(24,25)14(11-31)13-4-3-6-32(34)16(13)10-28-2/h3-4,6,8-9,12,14,28H,5,7,10-11H2,1-2H3,(H,29,30,33)/t12-,14+/m0/s1. The molecule has 0 aliphatic carbocycles. The average molecular weight is 542 g/mol. The van der Waals surface area contributed by atoms with Gasteiger partial charge >= 0.3 is 6.29 Å². The Morgan fingerprint density at radius 1 is 1.32 bits per heavy atom. The van der Waals surface area contributed by atoms with Crippen LogP contribution in [0.2, 0.25) is 0 Å². The van der Waals surface area contributed by atoms with Crippen molar-refractivity contribution in [1.29, 1.82) is 0 Å². The predicted octanol–water partition coefficient (Wildman–Crippen LogP) is 3.42. The number of rotatable bonds is 6. The van der Waals surface area contributed by atoms with Crippen LogP contribution >= 0.6 is 11.3 Å². The number of carbonyl (C=O) groups excluding carboxylic acids is 1. The lowest BCUT2D eigenvalue weighted by Crippen LogP contribution is -2.53. The first-order chi connectivity index (χ1) is 17.5. The third kappa shape index (κ3) is 4.88. The quantitative estimate of drug-likeness (QED) is 0.280. The monoisotopic (exact) mass is 541 g/mol. The number of halogens is 4. The van der Waals surface area contributed by atoms with Crippen molar-refractivity contribution >= 4 is 32.6 Å². The molecule has 3 aromatic rings. The van der Waals surface area contributed by atoms with E-state index in [1.807, 2.05) is 0 Å². The molecule has 2 aliphatic rings. The van der Waals surface area contributed by atoms with Gasteiger partial charge in [-0.05, 0) is 20.0 Å². The summed E-state index contributed by atoms with van der Waals surface area (Å²) in [7, 11) is 1.62. The molecule has 0 saturated carbocycles. The van der Waals surface area contributed by atoms with Crippen LogP contribution in [0.1, 0.15) is 30.5 Å². The zero-order valence-corrected chi connectivity index (χ0v) is 20.6. The summed E-state index contributed by atoms with van der Waals surface area (Å²) in [6.07, 6.45) is -2.95. The van der Waals surface area contributed by atoms with E-state index in [1.54, 1.807) is 18.9 Å². The highest BCUT2D eigenvalue weighted by molar-refractivity contribution is 7.22. The van der Waals surface area contributed by atoms with Crippen LogP contribution < -0.4 is 24.8 Å². The summed E-state index contributed by atoms with van der Waals surface area (Å²) >= 11 is 1.06. The normalized spacial score (nSPS) is 21.2. The van der Waals surface area contributed by atoms with Gasteiger partial charge < -0.3 is 25.3 Å². The number of nitrogens with zero attached hydrogens (tertiary/aromatic N) is 3. The maximum atomic E-state index is 15.0. The van der Waals surface area contributed by atoms with E-state index in [2.05, 4.69) is 25.1 Å². The lowest BCUT2D eigenvalue weighted by molar-refractivity contribution is -0.615. The van der Waals surface area contributed by atoms with E-state index < -0.39 is 36.5 Å². The third-order valence-corrected chi connectivity index (χ3v) is 7.48. The van der Waals surface area contributed by atoms with Crippen LogP contribution in [0.4, 0.5) is 22.7 Å². The van der Waals surface area contributed by atoms with Crippen LogP contribution in [0.25, 0.3) is 10.2 Å². The molecular formula is C23H23F4N5O4S. The van der Waals surface area contributed by atoms with Gasteiger partial charge in [-0.2, -0.15) is 4.73 Å². The Hall–Kier alpha value is -3.23. The molecule has 2 N–H and O–H groups in total. The molecule has 0 spiro atoms. The molecule has 0 unspecified atom stereocenters. The maximum absolute atomic E-state index is 15.0. The first-order valence-electron chi connectivity index (χ1n) is 11.5. The maximum Gasteiger partial charge on any atom is 0.586 e. The molecule has 0 bridgehead atoms. The lowest BCUT2D eigenvalue weighted by Gasteiger charge is -2.40. The fourth-order valence-corrected chi connectivity index (χ4v) is 5.49. The van der Waals surface area contributed by atoms with Crippen LogP contribution in [0, 0.1) is 5.21 Å². The van der Waals surface area contributed by atoms with E-state index in [0.29, 0.717) is 14.9 Å². The Morgan fingerprint density at radius 2 is 2.05 bits per heavy atom. The molecule has 37 heavy (non-hydrogen) atoms. The number of ether oxygens (including phenoxy) is 2. The molecule has 1 fully saturated rings. The molecule has 1 amide bonds. The molecule has 2 aromatic heterocycles. The number of hydrogen-bond donors (Lipinski definition) is 2. The minimum atomic E-state index is -3.75. The van der Waals surface area contributed by atoms with Gasteiger partial charge in [0.25, 0.3) is 5.92 Å². The Kier molecular flexibility index (Phi) is 6.36. The number of nitrogens with one attached hydrogen (secondary N) is 2. The van der Waals surface area contributed by atoms with Crippen molar-refractivity contribution in [3.63, 3.8) is 0 Å². The molecule has 2 atom stereocenters. The second-order valence-corrected chi connectivity index (χ2v) is 9.97. The van der Waals surface area contributed by atoms with E-state index in [0.717, 1.165) is 11.3 Å². The number of amides is 1. The van der Waals surface area contributed by atoms with Gasteiger partial charge in [-0.25, -0.2) is 13.8 Å². The summed E-state index contributed by atoms with van der Waals surface area (Å²) in [5.41, 5.74) is 0.779. The Morgan fingerprint density at radius 3 is 2.78 bits per heavy atom. The Balaban J connectivity index is 1.32. The van der Waals surface area contributed by atoms with Gasteiger partial charge in [-0.3, -0.25) is 9.69 Å². The van der Waals surface area contributed by atoms with Crippen LogP contribution in [0.5, 0.6) is 11.5 Å². The van der Waals surface area contributed by atoms with Gasteiger partial charge in [0.1, 0.15) is 0 Å². The number of pyridine rings is 1. The van der Waals surface area contributed by atoms with Crippen molar-refractivity contribution in [1.82, 2.24) is 15.2 Å². The molecule has 14 heteroatoms. The number of benzene rings is 1. The summed E-state index contributed by atoms with van der Waals surface area (Å²) < 4.78 is 66.6. The minimum Gasteiger partial charge on any atom is -0.618 e. The molecule has 9 nitrogen and oxygen atoms in total. The van der Waals surface area contributed by atoms with Crippen LogP contribution in [-0.2, 0) is 11.3 Å². The lowest BCUT2D eigenvalue weighted by atomic mass is 9.85. The number of carbonyl (C=O) groups is 1. The van der Waals surface area contributed by atoms with Crippen LogP contribution in [0.15, 0.2) is 30.5 Å². The minimum absolute atomic E-state index is 0.0148. The van der Waals surface area contributed by atoms with Gasteiger partial charge in [0.15, 0.2) is 22.8 Å². The fraction of sp³-hybridized carbons (Fsp3) is 0.435. The average Bonchev–Trinajstić information content (AvgIpc) is 3.34. The van der Waals surface area contributed by atoms with E-state index in [-0.39, 0.29) is 47.5 Å². The SMILES string of the molecule is CNCc1c([C@H]2CN([C@@H](C)C(=O)Nc3nc4cc5c(cc4s3)OC(F)(F)O5)CCC2(F)F)ccc[n+]1[O-]. The summed E-state index contributed by atoms with van der Waals surface area (Å²) in [5.74, 6) is -5.09. The molecule has 5 rings (SSSR count). The number of fused-ring (bicyclic) bond motifs is 2. The fourth-order valence-electron chi connectivity index (χ4n) is 4.61. The second-order valence-electron chi connectivity index (χ2n) is 8.94. The molecule has 1 aromatic carbocycles. The van der Waals surface area contributed by atoms with Gasteiger partial charge in [0, 0.05) is 43.3 Å². The number of anilines is 1. The van der Waals surface area contributed by atoms with Gasteiger partial charge in [-0.15, -0.1) is 8.78 Å². The molecular weight excluding hydrogens is 518 g/mol. The summed E-state index contributed by atoms with van der Waals surface area (Å²) in [4.78, 5) is 18.9. The molecule has 4 heterocycles. The smallest absolute Gasteiger partial charge is 0.586 e. The Bertz CT molecular complexity index is 1310. The molecule has 0 radical (unpaired) electrons. The van der Waals surface area contributed by atoms with E-state index in [9.17, 15) is 18.8 Å². The van der Waals surface area contributed by atoms with E-state index in [1.165, 1.54) is 30.5 Å². The van der Waals surface area contributed by atoms with Crippen LogP contribution in [0.3, 0.4) is 0 Å². The zero-order valence-electron chi connectivity index (χ0n) is 19.8. The number of piperidine rings is 1. The van der Waals surface area contributed by atoms with Crippen molar-refractivity contribution in [2.45, 2.75) is 44.1 Å². The number of likely N-dealkylation sites (tertiary alicyclic amines) is 1. The number of aromatic nitrogens is 2. The second kappa shape index (κ2) is 9.26. The van der Waals surface area contributed by atoms with Crippen molar-refractivity contribution in [3.05, 3.63) is 46.9 Å². The van der Waals surface area contributed by atoms with Crippen LogP contribution in [-0.4, -0.2) is 54.2 Å². The van der Waals surface area contributed by atoms with Gasteiger partial charge in [0.2, 0.25) is 11.6 Å². The Labute approximate surface area is 212 Å². The van der Waals surface area contributed by atoms with Gasteiger partial charge in [-0.1, -0.05) is 11.3 Å².